The van der Waals surface area contributed by atoms with Crippen LogP contribution in [-0.2, 0) is 4.79 Å². The van der Waals surface area contributed by atoms with Crippen molar-refractivity contribution in [2.45, 2.75) is 45.2 Å². The van der Waals surface area contributed by atoms with Gasteiger partial charge >= 0.3 is 12.0 Å². The van der Waals surface area contributed by atoms with Crippen LogP contribution in [0.3, 0.4) is 0 Å². The fourth-order valence-electron chi connectivity index (χ4n) is 1.25. The second-order valence-corrected chi connectivity index (χ2v) is 3.59. The summed E-state index contributed by atoms with van der Waals surface area (Å²) < 4.78 is 0. The molecule has 2 atom stereocenters. The van der Waals surface area contributed by atoms with E-state index >= 15 is 0 Å². The predicted octanol–water partition coefficient (Wildman–Crippen LogP) is 0.951. The molecule has 0 spiro atoms. The summed E-state index contributed by atoms with van der Waals surface area (Å²) in [6, 6.07) is -1.15. The number of urea groups is 1. The van der Waals surface area contributed by atoms with Crippen LogP contribution in [0, 0.1) is 12.3 Å². The lowest BCUT2D eigenvalue weighted by Crippen LogP contribution is -2.45. The Morgan fingerprint density at radius 1 is 1.44 bits per heavy atom. The standard InChI is InChI=1S/C11H18N2O3/c1-4-6-9(7-10(14)15)13-11(16)12-8(3)5-2/h2,8-9H,4,6-7H2,1,3H3,(H,14,15)(H2,12,13,16). The zero-order valence-electron chi connectivity index (χ0n) is 9.62. The minimum Gasteiger partial charge on any atom is -0.481 e. The van der Waals surface area contributed by atoms with E-state index in [-0.39, 0.29) is 18.5 Å². The highest BCUT2D eigenvalue weighted by molar-refractivity contribution is 5.76. The first-order valence-electron chi connectivity index (χ1n) is 5.24. The van der Waals surface area contributed by atoms with Crippen molar-refractivity contribution in [2.24, 2.45) is 0 Å². The molecule has 2 unspecified atom stereocenters. The molecular weight excluding hydrogens is 208 g/mol. The molecule has 0 saturated heterocycles. The molecule has 0 heterocycles. The summed E-state index contributed by atoms with van der Waals surface area (Å²) in [5.41, 5.74) is 0. The van der Waals surface area contributed by atoms with E-state index in [0.717, 1.165) is 6.42 Å². The average molecular weight is 226 g/mol. The normalized spacial score (nSPS) is 13.3. The molecule has 0 aliphatic rings. The van der Waals surface area contributed by atoms with Crippen molar-refractivity contribution in [3.05, 3.63) is 0 Å². The van der Waals surface area contributed by atoms with Gasteiger partial charge in [0.05, 0.1) is 12.5 Å². The maximum atomic E-state index is 11.4. The fraction of sp³-hybridized carbons (Fsp3) is 0.636. The molecular formula is C11H18N2O3. The van der Waals surface area contributed by atoms with E-state index in [1.54, 1.807) is 6.92 Å². The molecule has 0 rings (SSSR count). The number of hydrogen-bond acceptors (Lipinski definition) is 2. The molecule has 0 aliphatic carbocycles. The van der Waals surface area contributed by atoms with Crippen molar-refractivity contribution in [1.29, 1.82) is 0 Å². The Morgan fingerprint density at radius 2 is 2.06 bits per heavy atom. The molecule has 0 aromatic heterocycles. The Morgan fingerprint density at radius 3 is 2.50 bits per heavy atom. The largest absolute Gasteiger partial charge is 0.481 e. The summed E-state index contributed by atoms with van der Waals surface area (Å²) in [5, 5.41) is 13.7. The molecule has 2 amide bonds. The van der Waals surface area contributed by atoms with Crippen LogP contribution in [0.5, 0.6) is 0 Å². The first-order chi connectivity index (χ1) is 7.49. The minimum absolute atomic E-state index is 0.0777. The maximum Gasteiger partial charge on any atom is 0.315 e. The lowest BCUT2D eigenvalue weighted by Gasteiger charge is -2.17. The molecule has 0 saturated carbocycles. The van der Waals surface area contributed by atoms with Gasteiger partial charge in [0.15, 0.2) is 0 Å². The van der Waals surface area contributed by atoms with E-state index in [4.69, 9.17) is 11.5 Å². The number of rotatable bonds is 6. The van der Waals surface area contributed by atoms with Crippen molar-refractivity contribution in [3.63, 3.8) is 0 Å². The Labute approximate surface area is 95.6 Å². The van der Waals surface area contributed by atoms with Crippen LogP contribution in [-0.4, -0.2) is 29.2 Å². The highest BCUT2D eigenvalue weighted by Gasteiger charge is 2.15. The van der Waals surface area contributed by atoms with Crippen molar-refractivity contribution in [1.82, 2.24) is 10.6 Å². The summed E-state index contributed by atoms with van der Waals surface area (Å²) in [5.74, 6) is 1.43. The van der Waals surface area contributed by atoms with Crippen LogP contribution >= 0.6 is 0 Å². The monoisotopic (exact) mass is 226 g/mol. The molecule has 0 aliphatic heterocycles. The van der Waals surface area contributed by atoms with Gasteiger partial charge in [0.25, 0.3) is 0 Å². The number of hydrogen-bond donors (Lipinski definition) is 3. The number of carbonyl (C=O) groups excluding carboxylic acids is 1. The van der Waals surface area contributed by atoms with Crippen molar-refractivity contribution in [2.75, 3.05) is 0 Å². The molecule has 0 aromatic rings. The van der Waals surface area contributed by atoms with Crippen LogP contribution in [0.1, 0.15) is 33.1 Å². The van der Waals surface area contributed by atoms with E-state index in [1.165, 1.54) is 0 Å². The third-order valence-electron chi connectivity index (χ3n) is 1.99. The van der Waals surface area contributed by atoms with Gasteiger partial charge in [-0.25, -0.2) is 4.79 Å². The third-order valence-corrected chi connectivity index (χ3v) is 1.99. The number of nitrogens with one attached hydrogen (secondary N) is 2. The first kappa shape index (κ1) is 14.3. The number of aliphatic carboxylic acids is 1. The highest BCUT2D eigenvalue weighted by atomic mass is 16.4. The van der Waals surface area contributed by atoms with Crippen LogP contribution in [0.2, 0.25) is 0 Å². The third kappa shape index (κ3) is 6.71. The molecule has 16 heavy (non-hydrogen) atoms. The predicted molar refractivity (Wildman–Crippen MR) is 60.9 cm³/mol. The number of terminal acetylenes is 1. The summed E-state index contributed by atoms with van der Waals surface area (Å²) >= 11 is 0. The fourth-order valence-corrected chi connectivity index (χ4v) is 1.25. The first-order valence-corrected chi connectivity index (χ1v) is 5.24. The second kappa shape index (κ2) is 7.57. The van der Waals surface area contributed by atoms with E-state index in [2.05, 4.69) is 16.6 Å². The lowest BCUT2D eigenvalue weighted by atomic mass is 10.1. The van der Waals surface area contributed by atoms with Gasteiger partial charge in [-0.3, -0.25) is 4.79 Å². The van der Waals surface area contributed by atoms with Gasteiger partial charge in [0.1, 0.15) is 0 Å². The van der Waals surface area contributed by atoms with Crippen LogP contribution in [0.15, 0.2) is 0 Å². The quantitative estimate of drug-likeness (QED) is 0.590. The van der Waals surface area contributed by atoms with E-state index in [9.17, 15) is 9.59 Å². The van der Waals surface area contributed by atoms with Gasteiger partial charge in [-0.1, -0.05) is 19.3 Å². The van der Waals surface area contributed by atoms with E-state index < -0.39 is 12.0 Å². The molecule has 0 fully saturated rings. The van der Waals surface area contributed by atoms with Crippen molar-refractivity contribution >= 4 is 12.0 Å². The van der Waals surface area contributed by atoms with Gasteiger partial charge in [-0.05, 0) is 13.3 Å². The number of amides is 2. The smallest absolute Gasteiger partial charge is 0.315 e. The molecule has 3 N–H and O–H groups in total. The summed E-state index contributed by atoms with van der Waals surface area (Å²) in [4.78, 5) is 21.9. The topological polar surface area (TPSA) is 78.4 Å². The molecule has 0 bridgehead atoms. The van der Waals surface area contributed by atoms with Crippen LogP contribution in [0.4, 0.5) is 4.79 Å². The summed E-state index contributed by atoms with van der Waals surface area (Å²) in [7, 11) is 0. The van der Waals surface area contributed by atoms with Crippen molar-refractivity contribution < 1.29 is 14.7 Å². The number of carboxylic acids is 1. The Hall–Kier alpha value is -1.70. The molecule has 0 radical (unpaired) electrons. The van der Waals surface area contributed by atoms with Gasteiger partial charge in [-0.2, -0.15) is 0 Å². The van der Waals surface area contributed by atoms with Crippen molar-refractivity contribution in [3.8, 4) is 12.3 Å². The average Bonchev–Trinajstić information content (AvgIpc) is 2.16. The molecule has 5 nitrogen and oxygen atoms in total. The highest BCUT2D eigenvalue weighted by Crippen LogP contribution is 2.01. The minimum atomic E-state index is -0.927. The summed E-state index contributed by atoms with van der Waals surface area (Å²) in [6.07, 6.45) is 6.46. The lowest BCUT2D eigenvalue weighted by molar-refractivity contribution is -0.137. The van der Waals surface area contributed by atoms with Gasteiger partial charge < -0.3 is 15.7 Å². The second-order valence-electron chi connectivity index (χ2n) is 3.59. The zero-order valence-corrected chi connectivity index (χ0v) is 9.62. The van der Waals surface area contributed by atoms with Gasteiger partial charge in [-0.15, -0.1) is 6.42 Å². The van der Waals surface area contributed by atoms with E-state index in [0.29, 0.717) is 6.42 Å². The maximum absolute atomic E-state index is 11.4. The zero-order chi connectivity index (χ0) is 12.6. The summed E-state index contributed by atoms with van der Waals surface area (Å²) in [6.45, 7) is 3.60. The molecule has 5 heteroatoms. The molecule has 0 aromatic carbocycles. The van der Waals surface area contributed by atoms with Crippen LogP contribution in [0.25, 0.3) is 0 Å². The Bertz CT molecular complexity index is 283. The Balaban J connectivity index is 4.13. The molecule has 90 valence electrons. The van der Waals surface area contributed by atoms with Gasteiger partial charge in [0, 0.05) is 6.04 Å². The Kier molecular flexibility index (Phi) is 6.77. The van der Waals surface area contributed by atoms with Crippen LogP contribution < -0.4 is 10.6 Å². The van der Waals surface area contributed by atoms with E-state index in [1.807, 2.05) is 6.92 Å². The number of carbonyl (C=O) groups is 2. The SMILES string of the molecule is C#CC(C)NC(=O)NC(CCC)CC(=O)O. The van der Waals surface area contributed by atoms with Gasteiger partial charge in [0.2, 0.25) is 0 Å². The number of carboxylic acid groups (broad SMARTS) is 1.